The molecular formula is C27H33N7OS. The van der Waals surface area contributed by atoms with Gasteiger partial charge in [-0.05, 0) is 54.9 Å². The molecule has 0 unspecified atom stereocenters. The fourth-order valence-electron chi connectivity index (χ4n) is 4.65. The monoisotopic (exact) mass is 503 g/mol. The van der Waals surface area contributed by atoms with E-state index in [4.69, 9.17) is 26.9 Å². The normalized spacial score (nSPS) is 15.6. The standard InChI is InChI=1S/C27H33N7OS/c1-35-23-11-9-21(10-12-23)20-28-27(36)31-26-29-24(33-13-5-6-14-33)19-25(30-26)34-17-15-32(16-18-34)22-7-3-2-4-8-22/h2-4,7-12,19H,5-6,13-18,20H2,1H3,(H2,28,29,30,31,36). The molecule has 3 heterocycles. The van der Waals surface area contributed by atoms with Crippen LogP contribution >= 0.6 is 12.2 Å². The molecule has 5 rings (SSSR count). The number of nitrogens with one attached hydrogen (secondary N) is 2. The number of thiocarbonyl (C=S) groups is 1. The highest BCUT2D eigenvalue weighted by Gasteiger charge is 2.22. The van der Waals surface area contributed by atoms with Gasteiger partial charge in [0.25, 0.3) is 0 Å². The number of aromatic nitrogens is 2. The first-order valence-electron chi connectivity index (χ1n) is 12.5. The predicted molar refractivity (Wildman–Crippen MR) is 150 cm³/mol. The average molecular weight is 504 g/mol. The third kappa shape index (κ3) is 5.96. The molecule has 188 valence electrons. The van der Waals surface area contributed by atoms with Crippen molar-refractivity contribution in [3.8, 4) is 5.75 Å². The lowest BCUT2D eigenvalue weighted by Crippen LogP contribution is -2.47. The summed E-state index contributed by atoms with van der Waals surface area (Å²) < 4.78 is 5.23. The van der Waals surface area contributed by atoms with E-state index in [0.29, 0.717) is 17.6 Å². The molecule has 2 aromatic carbocycles. The van der Waals surface area contributed by atoms with Crippen molar-refractivity contribution in [1.82, 2.24) is 15.3 Å². The van der Waals surface area contributed by atoms with Crippen molar-refractivity contribution in [2.45, 2.75) is 19.4 Å². The summed E-state index contributed by atoms with van der Waals surface area (Å²) in [7, 11) is 1.67. The molecule has 1 aromatic heterocycles. The number of rotatable bonds is 7. The molecule has 8 nitrogen and oxygen atoms in total. The molecule has 0 spiro atoms. The van der Waals surface area contributed by atoms with Gasteiger partial charge in [0.2, 0.25) is 5.95 Å². The Hall–Kier alpha value is -3.59. The first-order chi connectivity index (χ1) is 17.7. The molecule has 0 saturated carbocycles. The lowest BCUT2D eigenvalue weighted by atomic mass is 10.2. The maximum Gasteiger partial charge on any atom is 0.232 e. The lowest BCUT2D eigenvalue weighted by Gasteiger charge is -2.37. The molecular weight excluding hydrogens is 470 g/mol. The van der Waals surface area contributed by atoms with Gasteiger partial charge in [-0.25, -0.2) is 0 Å². The van der Waals surface area contributed by atoms with E-state index >= 15 is 0 Å². The van der Waals surface area contributed by atoms with Gasteiger partial charge in [-0.2, -0.15) is 9.97 Å². The van der Waals surface area contributed by atoms with Gasteiger partial charge < -0.3 is 30.1 Å². The molecule has 9 heteroatoms. The van der Waals surface area contributed by atoms with Crippen LogP contribution in [0.25, 0.3) is 0 Å². The molecule has 0 amide bonds. The largest absolute Gasteiger partial charge is 0.497 e. The van der Waals surface area contributed by atoms with Crippen molar-refractivity contribution >= 4 is 40.6 Å². The quantitative estimate of drug-likeness (QED) is 0.467. The van der Waals surface area contributed by atoms with Gasteiger partial charge in [-0.1, -0.05) is 30.3 Å². The molecule has 0 radical (unpaired) electrons. The first-order valence-corrected chi connectivity index (χ1v) is 13.0. The van der Waals surface area contributed by atoms with Crippen LogP contribution in [0.3, 0.4) is 0 Å². The molecule has 2 aliphatic rings. The predicted octanol–water partition coefficient (Wildman–Crippen LogP) is 3.90. The van der Waals surface area contributed by atoms with Crippen LogP contribution in [-0.2, 0) is 6.54 Å². The van der Waals surface area contributed by atoms with Gasteiger partial charge in [0.1, 0.15) is 17.4 Å². The zero-order valence-corrected chi connectivity index (χ0v) is 21.5. The second-order valence-corrected chi connectivity index (χ2v) is 9.48. The van der Waals surface area contributed by atoms with Gasteiger partial charge in [0.05, 0.1) is 7.11 Å². The van der Waals surface area contributed by atoms with Gasteiger partial charge in [-0.3, -0.25) is 0 Å². The van der Waals surface area contributed by atoms with Crippen LogP contribution in [-0.4, -0.2) is 61.5 Å². The van der Waals surface area contributed by atoms with Crippen molar-refractivity contribution in [2.75, 3.05) is 66.4 Å². The second kappa shape index (κ2) is 11.4. The number of para-hydroxylation sites is 1. The van der Waals surface area contributed by atoms with Crippen molar-refractivity contribution in [1.29, 1.82) is 0 Å². The van der Waals surface area contributed by atoms with Crippen LogP contribution in [0.1, 0.15) is 18.4 Å². The Balaban J connectivity index is 1.26. The van der Waals surface area contributed by atoms with Crippen LogP contribution in [0, 0.1) is 0 Å². The summed E-state index contributed by atoms with van der Waals surface area (Å²) >= 11 is 5.57. The maximum absolute atomic E-state index is 5.57. The Labute approximate surface area is 218 Å². The van der Waals surface area contributed by atoms with Gasteiger partial charge >= 0.3 is 0 Å². The molecule has 36 heavy (non-hydrogen) atoms. The van der Waals surface area contributed by atoms with E-state index in [1.54, 1.807) is 7.11 Å². The summed E-state index contributed by atoms with van der Waals surface area (Å²) in [5.74, 6) is 3.28. The minimum atomic E-state index is 0.504. The van der Waals surface area contributed by atoms with Gasteiger partial charge in [-0.15, -0.1) is 0 Å². The summed E-state index contributed by atoms with van der Waals surface area (Å²) in [5.41, 5.74) is 2.39. The third-order valence-corrected chi connectivity index (χ3v) is 6.94. The number of piperazine rings is 1. The van der Waals surface area contributed by atoms with Crippen LogP contribution in [0.2, 0.25) is 0 Å². The second-order valence-electron chi connectivity index (χ2n) is 9.07. The molecule has 0 atom stereocenters. The lowest BCUT2D eigenvalue weighted by molar-refractivity contribution is 0.414. The number of hydrogen-bond donors (Lipinski definition) is 2. The Morgan fingerprint density at radius 2 is 1.44 bits per heavy atom. The van der Waals surface area contributed by atoms with Crippen LogP contribution in [0.5, 0.6) is 5.75 Å². The van der Waals surface area contributed by atoms with E-state index < -0.39 is 0 Å². The zero-order valence-electron chi connectivity index (χ0n) is 20.7. The van der Waals surface area contributed by atoms with E-state index in [-0.39, 0.29) is 0 Å². The number of methoxy groups -OCH3 is 1. The Kier molecular flexibility index (Phi) is 7.66. The number of hydrogen-bond acceptors (Lipinski definition) is 7. The van der Waals surface area contributed by atoms with Crippen molar-refractivity contribution in [3.05, 3.63) is 66.2 Å². The summed E-state index contributed by atoms with van der Waals surface area (Å²) in [6.45, 7) is 6.39. The Bertz CT molecular complexity index is 1140. The summed E-state index contributed by atoms with van der Waals surface area (Å²) in [6.07, 6.45) is 2.39. The Morgan fingerprint density at radius 1 is 0.833 bits per heavy atom. The molecule has 2 N–H and O–H groups in total. The maximum atomic E-state index is 5.57. The smallest absolute Gasteiger partial charge is 0.232 e. The van der Waals surface area contributed by atoms with E-state index in [0.717, 1.165) is 62.2 Å². The van der Waals surface area contributed by atoms with Gasteiger partial charge in [0.15, 0.2) is 5.11 Å². The highest BCUT2D eigenvalue weighted by Crippen LogP contribution is 2.26. The molecule has 2 saturated heterocycles. The van der Waals surface area contributed by atoms with Crippen LogP contribution in [0.15, 0.2) is 60.7 Å². The van der Waals surface area contributed by atoms with Crippen molar-refractivity contribution in [2.24, 2.45) is 0 Å². The molecule has 0 aliphatic carbocycles. The van der Waals surface area contributed by atoms with Crippen molar-refractivity contribution < 1.29 is 4.74 Å². The fraction of sp³-hybridized carbons (Fsp3) is 0.370. The molecule has 2 fully saturated rings. The van der Waals surface area contributed by atoms with E-state index in [9.17, 15) is 0 Å². The van der Waals surface area contributed by atoms with Crippen LogP contribution in [0.4, 0.5) is 23.3 Å². The molecule has 0 bridgehead atoms. The molecule has 2 aliphatic heterocycles. The Morgan fingerprint density at radius 3 is 2.08 bits per heavy atom. The highest BCUT2D eigenvalue weighted by molar-refractivity contribution is 7.80. The number of anilines is 4. The topological polar surface area (TPSA) is 68.8 Å². The number of nitrogens with zero attached hydrogens (tertiary/aromatic N) is 5. The first kappa shape index (κ1) is 24.1. The third-order valence-electron chi connectivity index (χ3n) is 6.69. The minimum Gasteiger partial charge on any atom is -0.497 e. The number of ether oxygens (including phenoxy) is 1. The number of benzene rings is 2. The summed E-state index contributed by atoms with van der Waals surface area (Å²) in [5, 5.41) is 6.99. The summed E-state index contributed by atoms with van der Waals surface area (Å²) in [6, 6.07) is 20.7. The minimum absolute atomic E-state index is 0.504. The van der Waals surface area contributed by atoms with Gasteiger partial charge in [0, 0.05) is 57.6 Å². The van der Waals surface area contributed by atoms with E-state index in [1.807, 2.05) is 24.3 Å². The van der Waals surface area contributed by atoms with Crippen LogP contribution < -0.4 is 30.1 Å². The van der Waals surface area contributed by atoms with E-state index in [1.165, 1.54) is 18.5 Å². The van der Waals surface area contributed by atoms with E-state index in [2.05, 4.69) is 61.7 Å². The SMILES string of the molecule is COc1ccc(CNC(=S)Nc2nc(N3CCCC3)cc(N3CCN(c4ccccc4)CC3)n2)cc1. The fourth-order valence-corrected chi connectivity index (χ4v) is 4.82. The van der Waals surface area contributed by atoms with Crippen molar-refractivity contribution in [3.63, 3.8) is 0 Å². The highest BCUT2D eigenvalue weighted by atomic mass is 32.1. The average Bonchev–Trinajstić information content (AvgIpc) is 3.48. The summed E-state index contributed by atoms with van der Waals surface area (Å²) in [4.78, 5) is 16.8. The zero-order chi connectivity index (χ0) is 24.7. The molecule has 3 aromatic rings.